The lowest BCUT2D eigenvalue weighted by Gasteiger charge is -2.22. The third-order valence-electron chi connectivity index (χ3n) is 4.59. The van der Waals surface area contributed by atoms with Crippen molar-refractivity contribution in [1.82, 2.24) is 10.9 Å². The number of fused-ring (bicyclic) bond motifs is 1. The van der Waals surface area contributed by atoms with Crippen LogP contribution in [0.4, 0.5) is 0 Å². The number of carbonyl (C=O) groups excluding carboxylic acids is 2. The van der Waals surface area contributed by atoms with Gasteiger partial charge in [-0.2, -0.15) is 5.43 Å². The summed E-state index contributed by atoms with van der Waals surface area (Å²) in [5, 5.41) is 0. The maximum atomic E-state index is 12.2. The van der Waals surface area contributed by atoms with E-state index >= 15 is 0 Å². The molecular formula is C17H22N2O5. The van der Waals surface area contributed by atoms with E-state index in [-0.39, 0.29) is 11.8 Å². The molecule has 7 nitrogen and oxygen atoms in total. The summed E-state index contributed by atoms with van der Waals surface area (Å²) in [6, 6.07) is 3.43. The molecule has 1 heterocycles. The van der Waals surface area contributed by atoms with E-state index < -0.39 is 12.2 Å². The first kappa shape index (κ1) is 16.6. The number of benzene rings is 1. The lowest BCUT2D eigenvalue weighted by molar-refractivity contribution is -0.128. The Balaban J connectivity index is 1.71. The van der Waals surface area contributed by atoms with E-state index in [1.807, 2.05) is 0 Å². The molecule has 1 amide bonds. The van der Waals surface area contributed by atoms with Crippen LogP contribution in [0.15, 0.2) is 12.1 Å². The van der Waals surface area contributed by atoms with E-state index in [0.717, 1.165) is 25.7 Å². The number of ether oxygens (including phenoxy) is 3. The highest BCUT2D eigenvalue weighted by molar-refractivity contribution is 5.98. The highest BCUT2D eigenvalue weighted by Crippen LogP contribution is 2.40. The van der Waals surface area contributed by atoms with Gasteiger partial charge in [0.05, 0.1) is 14.2 Å². The van der Waals surface area contributed by atoms with Crippen LogP contribution in [0.3, 0.4) is 0 Å². The molecule has 2 N–H and O–H groups in total. The third-order valence-corrected chi connectivity index (χ3v) is 4.59. The average molecular weight is 334 g/mol. The van der Waals surface area contributed by atoms with Crippen molar-refractivity contribution in [2.75, 3.05) is 14.2 Å². The molecule has 0 radical (unpaired) electrons. The van der Waals surface area contributed by atoms with Crippen molar-refractivity contribution >= 4 is 11.9 Å². The van der Waals surface area contributed by atoms with Crippen molar-refractivity contribution in [3.63, 3.8) is 0 Å². The number of rotatable bonds is 5. The molecule has 2 aliphatic rings. The molecule has 0 bridgehead atoms. The van der Waals surface area contributed by atoms with Crippen molar-refractivity contribution < 1.29 is 23.8 Å². The van der Waals surface area contributed by atoms with Gasteiger partial charge in [0.25, 0.3) is 0 Å². The Hall–Kier alpha value is -2.28. The lowest BCUT2D eigenvalue weighted by atomic mass is 9.89. The minimum absolute atomic E-state index is 0.0215. The van der Waals surface area contributed by atoms with Crippen LogP contribution in [0.1, 0.15) is 54.3 Å². The number of hydrogen-bond donors (Lipinski definition) is 2. The van der Waals surface area contributed by atoms with Gasteiger partial charge in [-0.3, -0.25) is 10.2 Å². The molecule has 1 aromatic carbocycles. The van der Waals surface area contributed by atoms with Gasteiger partial charge < -0.3 is 14.2 Å². The van der Waals surface area contributed by atoms with Crippen molar-refractivity contribution in [3.8, 4) is 11.5 Å². The molecule has 3 rings (SSSR count). The first-order valence-electron chi connectivity index (χ1n) is 8.17. The highest BCUT2D eigenvalue weighted by atomic mass is 16.6. The number of esters is 1. The van der Waals surface area contributed by atoms with Crippen molar-refractivity contribution in [3.05, 3.63) is 23.3 Å². The smallest absolute Gasteiger partial charge is 0.344 e. The van der Waals surface area contributed by atoms with E-state index in [2.05, 4.69) is 10.9 Å². The van der Waals surface area contributed by atoms with Gasteiger partial charge >= 0.3 is 5.97 Å². The molecular weight excluding hydrogens is 312 g/mol. The number of amides is 1. The first-order chi connectivity index (χ1) is 11.7. The SMILES string of the molecule is COc1ccc2c(c1OC)C(=O)OC2NNC(=O)C1CCCCC1. The van der Waals surface area contributed by atoms with Crippen LogP contribution in [-0.4, -0.2) is 26.1 Å². The van der Waals surface area contributed by atoms with Crippen LogP contribution < -0.4 is 20.3 Å². The second kappa shape index (κ2) is 7.09. The third kappa shape index (κ3) is 3.03. The van der Waals surface area contributed by atoms with E-state index in [4.69, 9.17) is 14.2 Å². The van der Waals surface area contributed by atoms with Gasteiger partial charge in [-0.25, -0.2) is 4.79 Å². The average Bonchev–Trinajstić information content (AvgIpc) is 2.95. The van der Waals surface area contributed by atoms with Crippen LogP contribution >= 0.6 is 0 Å². The van der Waals surface area contributed by atoms with Crippen molar-refractivity contribution in [2.24, 2.45) is 5.92 Å². The molecule has 1 unspecified atom stereocenters. The molecule has 0 aromatic heterocycles. The molecule has 7 heteroatoms. The van der Waals surface area contributed by atoms with Crippen molar-refractivity contribution in [2.45, 2.75) is 38.3 Å². The van der Waals surface area contributed by atoms with E-state index in [1.165, 1.54) is 20.6 Å². The fourth-order valence-corrected chi connectivity index (χ4v) is 3.31. The molecule has 24 heavy (non-hydrogen) atoms. The fraction of sp³-hybridized carbons (Fsp3) is 0.529. The van der Waals surface area contributed by atoms with Gasteiger partial charge in [0.1, 0.15) is 5.56 Å². The molecule has 0 spiro atoms. The quantitative estimate of drug-likeness (QED) is 0.633. The maximum Gasteiger partial charge on any atom is 0.344 e. The predicted octanol–water partition coefficient (Wildman–Crippen LogP) is 2.07. The zero-order chi connectivity index (χ0) is 17.1. The Bertz CT molecular complexity index is 640. The molecule has 1 aliphatic carbocycles. The predicted molar refractivity (Wildman–Crippen MR) is 85.6 cm³/mol. The lowest BCUT2D eigenvalue weighted by Crippen LogP contribution is -2.43. The molecule has 1 aromatic rings. The Morgan fingerprint density at radius 3 is 2.58 bits per heavy atom. The van der Waals surface area contributed by atoms with Crippen LogP contribution in [-0.2, 0) is 9.53 Å². The standard InChI is InChI=1S/C17H22N2O5/c1-22-12-9-8-11-13(14(12)23-2)17(21)24-16(11)19-18-15(20)10-6-4-3-5-7-10/h8-10,16,19H,3-7H2,1-2H3,(H,18,20). The summed E-state index contributed by atoms with van der Waals surface area (Å²) >= 11 is 0. The van der Waals surface area contributed by atoms with Crippen molar-refractivity contribution in [1.29, 1.82) is 0 Å². The largest absolute Gasteiger partial charge is 0.493 e. The van der Waals surface area contributed by atoms with Gasteiger partial charge in [-0.1, -0.05) is 19.3 Å². The summed E-state index contributed by atoms with van der Waals surface area (Å²) < 4.78 is 15.8. The molecule has 0 saturated heterocycles. The van der Waals surface area contributed by atoms with E-state index in [1.54, 1.807) is 12.1 Å². The van der Waals surface area contributed by atoms with Gasteiger partial charge in [-0.05, 0) is 25.0 Å². The molecule has 1 aliphatic heterocycles. The molecule has 1 fully saturated rings. The van der Waals surface area contributed by atoms with Gasteiger partial charge in [0, 0.05) is 11.5 Å². The second-order valence-electron chi connectivity index (χ2n) is 6.02. The number of nitrogens with one attached hydrogen (secondary N) is 2. The van der Waals surface area contributed by atoms with Gasteiger partial charge in [0.2, 0.25) is 5.91 Å². The molecule has 130 valence electrons. The van der Waals surface area contributed by atoms with Gasteiger partial charge in [-0.15, -0.1) is 0 Å². The first-order valence-corrected chi connectivity index (χ1v) is 8.17. The summed E-state index contributed by atoms with van der Waals surface area (Å²) in [5.74, 6) is 0.251. The topological polar surface area (TPSA) is 85.9 Å². The number of cyclic esters (lactones) is 1. The number of carbonyl (C=O) groups is 2. The summed E-state index contributed by atoms with van der Waals surface area (Å²) in [4.78, 5) is 24.4. The number of hydrogen-bond acceptors (Lipinski definition) is 6. The fourth-order valence-electron chi connectivity index (χ4n) is 3.31. The van der Waals surface area contributed by atoms with Crippen LogP contribution in [0.5, 0.6) is 11.5 Å². The van der Waals surface area contributed by atoms with Crippen LogP contribution in [0.2, 0.25) is 0 Å². The van der Waals surface area contributed by atoms with E-state index in [0.29, 0.717) is 22.6 Å². The van der Waals surface area contributed by atoms with Gasteiger partial charge in [0.15, 0.2) is 17.7 Å². The minimum atomic E-state index is -0.736. The zero-order valence-electron chi connectivity index (χ0n) is 13.9. The Morgan fingerprint density at radius 1 is 1.17 bits per heavy atom. The number of methoxy groups -OCH3 is 2. The molecule has 1 atom stereocenters. The van der Waals surface area contributed by atoms with Crippen LogP contribution in [0, 0.1) is 5.92 Å². The zero-order valence-corrected chi connectivity index (χ0v) is 13.9. The summed E-state index contributed by atoms with van der Waals surface area (Å²) in [6.07, 6.45) is 4.41. The summed E-state index contributed by atoms with van der Waals surface area (Å²) in [5.41, 5.74) is 6.43. The summed E-state index contributed by atoms with van der Waals surface area (Å²) in [7, 11) is 2.97. The monoisotopic (exact) mass is 334 g/mol. The Labute approximate surface area is 140 Å². The Kier molecular flexibility index (Phi) is 4.89. The number of hydrazine groups is 1. The second-order valence-corrected chi connectivity index (χ2v) is 6.02. The van der Waals surface area contributed by atoms with E-state index in [9.17, 15) is 9.59 Å². The highest BCUT2D eigenvalue weighted by Gasteiger charge is 2.36. The van der Waals surface area contributed by atoms with Crippen LogP contribution in [0.25, 0.3) is 0 Å². The normalized spacial score (nSPS) is 20.2. The summed E-state index contributed by atoms with van der Waals surface area (Å²) in [6.45, 7) is 0. The molecule has 1 saturated carbocycles. The maximum absolute atomic E-state index is 12.2. The Morgan fingerprint density at radius 2 is 1.92 bits per heavy atom. The minimum Gasteiger partial charge on any atom is -0.493 e.